The van der Waals surface area contributed by atoms with E-state index in [2.05, 4.69) is 32.3 Å². The highest BCUT2D eigenvalue weighted by Gasteiger charge is 2.32. The molecule has 1 aromatic heterocycles. The number of nitrogens with one attached hydrogen (secondary N) is 1. The third-order valence-corrected chi connectivity index (χ3v) is 4.10. The first kappa shape index (κ1) is 12.5. The Labute approximate surface area is 123 Å². The van der Waals surface area contributed by atoms with Crippen LogP contribution in [0.25, 0.3) is 0 Å². The summed E-state index contributed by atoms with van der Waals surface area (Å²) in [6.07, 6.45) is 7.10. The molecule has 1 aromatic carbocycles. The van der Waals surface area contributed by atoms with E-state index >= 15 is 0 Å². The molecule has 0 radical (unpaired) electrons. The molecule has 106 valence electrons. The van der Waals surface area contributed by atoms with Crippen LogP contribution in [-0.2, 0) is 13.1 Å². The van der Waals surface area contributed by atoms with Crippen molar-refractivity contribution in [1.29, 1.82) is 0 Å². The van der Waals surface area contributed by atoms with Gasteiger partial charge in [-0.25, -0.2) is 9.97 Å². The standard InChI is InChI=1S/C16H16N4O/c21-16(13-6-17-10-18-7-13)19-14-2-1-11-8-20(15-3-4-15)9-12(11)5-14/h1-2,5-7,10,15H,3-4,8-9H2,(H,19,21). The second-order valence-electron chi connectivity index (χ2n) is 5.70. The Morgan fingerprint density at radius 1 is 1.14 bits per heavy atom. The summed E-state index contributed by atoms with van der Waals surface area (Å²) in [4.78, 5) is 22.3. The highest BCUT2D eigenvalue weighted by molar-refractivity contribution is 6.03. The van der Waals surface area contributed by atoms with Gasteiger partial charge in [0.2, 0.25) is 0 Å². The number of anilines is 1. The maximum absolute atomic E-state index is 12.1. The number of aromatic nitrogens is 2. The van der Waals surface area contributed by atoms with E-state index in [0.717, 1.165) is 24.8 Å². The minimum Gasteiger partial charge on any atom is -0.322 e. The lowest BCUT2D eigenvalue weighted by Crippen LogP contribution is -2.18. The molecule has 1 N–H and O–H groups in total. The Morgan fingerprint density at radius 2 is 1.90 bits per heavy atom. The molecule has 1 saturated carbocycles. The summed E-state index contributed by atoms with van der Waals surface area (Å²) >= 11 is 0. The molecule has 0 saturated heterocycles. The smallest absolute Gasteiger partial charge is 0.258 e. The summed E-state index contributed by atoms with van der Waals surface area (Å²) in [7, 11) is 0. The second kappa shape index (κ2) is 4.93. The van der Waals surface area contributed by atoms with Crippen LogP contribution in [0.15, 0.2) is 36.9 Å². The first-order valence-corrected chi connectivity index (χ1v) is 7.22. The van der Waals surface area contributed by atoms with Gasteiger partial charge >= 0.3 is 0 Å². The van der Waals surface area contributed by atoms with Gasteiger partial charge in [0.1, 0.15) is 6.33 Å². The molecular formula is C16H16N4O. The maximum Gasteiger partial charge on any atom is 0.258 e. The SMILES string of the molecule is O=C(Nc1ccc2c(c1)CN(C1CC1)C2)c1cncnc1. The third kappa shape index (κ3) is 2.52. The summed E-state index contributed by atoms with van der Waals surface area (Å²) in [5.41, 5.74) is 4.00. The molecule has 1 fully saturated rings. The van der Waals surface area contributed by atoms with Crippen LogP contribution in [0.1, 0.15) is 34.3 Å². The van der Waals surface area contributed by atoms with Crippen molar-refractivity contribution in [1.82, 2.24) is 14.9 Å². The summed E-state index contributed by atoms with van der Waals surface area (Å²) < 4.78 is 0. The van der Waals surface area contributed by atoms with Crippen LogP contribution in [0.3, 0.4) is 0 Å². The fraction of sp³-hybridized carbons (Fsp3) is 0.312. The fourth-order valence-corrected chi connectivity index (χ4v) is 2.82. The van der Waals surface area contributed by atoms with Crippen LogP contribution in [-0.4, -0.2) is 26.8 Å². The van der Waals surface area contributed by atoms with Crippen molar-refractivity contribution in [2.75, 3.05) is 5.32 Å². The van der Waals surface area contributed by atoms with Gasteiger partial charge in [-0.3, -0.25) is 9.69 Å². The van der Waals surface area contributed by atoms with Gasteiger partial charge < -0.3 is 5.32 Å². The Morgan fingerprint density at radius 3 is 2.67 bits per heavy atom. The molecule has 2 aliphatic rings. The molecule has 1 aliphatic heterocycles. The summed E-state index contributed by atoms with van der Waals surface area (Å²) in [6, 6.07) is 6.95. The molecule has 0 bridgehead atoms. The molecule has 0 atom stereocenters. The minimum absolute atomic E-state index is 0.174. The largest absolute Gasteiger partial charge is 0.322 e. The van der Waals surface area contributed by atoms with Crippen molar-refractivity contribution < 1.29 is 4.79 Å². The van der Waals surface area contributed by atoms with E-state index in [1.165, 1.54) is 42.7 Å². The van der Waals surface area contributed by atoms with Gasteiger partial charge in [0, 0.05) is 37.2 Å². The molecule has 4 rings (SSSR count). The van der Waals surface area contributed by atoms with Crippen LogP contribution in [0.2, 0.25) is 0 Å². The van der Waals surface area contributed by atoms with Crippen molar-refractivity contribution in [3.63, 3.8) is 0 Å². The highest BCUT2D eigenvalue weighted by Crippen LogP contribution is 2.35. The van der Waals surface area contributed by atoms with Crippen LogP contribution in [0.4, 0.5) is 5.69 Å². The number of amides is 1. The third-order valence-electron chi connectivity index (χ3n) is 4.10. The lowest BCUT2D eigenvalue weighted by atomic mass is 10.1. The predicted molar refractivity (Wildman–Crippen MR) is 78.7 cm³/mol. The summed E-state index contributed by atoms with van der Waals surface area (Å²) in [5, 5.41) is 2.91. The first-order valence-electron chi connectivity index (χ1n) is 7.22. The molecule has 0 spiro atoms. The van der Waals surface area contributed by atoms with E-state index in [1.807, 2.05) is 6.07 Å². The van der Waals surface area contributed by atoms with Crippen LogP contribution in [0.5, 0.6) is 0 Å². The number of hydrogen-bond acceptors (Lipinski definition) is 4. The van der Waals surface area contributed by atoms with Crippen LogP contribution in [0, 0.1) is 0 Å². The topological polar surface area (TPSA) is 58.1 Å². The molecule has 0 unspecified atom stereocenters. The number of nitrogens with zero attached hydrogens (tertiary/aromatic N) is 3. The Kier molecular flexibility index (Phi) is 2.93. The normalized spacial score (nSPS) is 17.5. The molecule has 1 aliphatic carbocycles. The van der Waals surface area contributed by atoms with Crippen LogP contribution < -0.4 is 5.32 Å². The van der Waals surface area contributed by atoms with Gasteiger partial charge in [-0.15, -0.1) is 0 Å². The van der Waals surface area contributed by atoms with Crippen molar-refractivity contribution >= 4 is 11.6 Å². The monoisotopic (exact) mass is 280 g/mol. The van der Waals surface area contributed by atoms with Crippen LogP contribution >= 0.6 is 0 Å². The second-order valence-corrected chi connectivity index (χ2v) is 5.70. The quantitative estimate of drug-likeness (QED) is 0.936. The molecule has 21 heavy (non-hydrogen) atoms. The zero-order valence-electron chi connectivity index (χ0n) is 11.6. The zero-order valence-corrected chi connectivity index (χ0v) is 11.6. The van der Waals surface area contributed by atoms with E-state index < -0.39 is 0 Å². The lowest BCUT2D eigenvalue weighted by molar-refractivity contribution is 0.102. The molecule has 1 amide bonds. The molecule has 2 aromatic rings. The van der Waals surface area contributed by atoms with Gasteiger partial charge in [0.25, 0.3) is 5.91 Å². The predicted octanol–water partition coefficient (Wildman–Crippen LogP) is 2.21. The van der Waals surface area contributed by atoms with Gasteiger partial charge in [-0.05, 0) is 36.1 Å². The van der Waals surface area contributed by atoms with Gasteiger partial charge in [0.05, 0.1) is 5.56 Å². The number of carbonyl (C=O) groups is 1. The molecule has 5 nitrogen and oxygen atoms in total. The maximum atomic E-state index is 12.1. The van der Waals surface area contributed by atoms with Gasteiger partial charge in [0.15, 0.2) is 0 Å². The number of carbonyl (C=O) groups excluding carboxylic acids is 1. The molecular weight excluding hydrogens is 264 g/mol. The number of hydrogen-bond donors (Lipinski definition) is 1. The summed E-state index contributed by atoms with van der Waals surface area (Å²) in [6.45, 7) is 2.04. The highest BCUT2D eigenvalue weighted by atomic mass is 16.1. The summed E-state index contributed by atoms with van der Waals surface area (Å²) in [5.74, 6) is -0.174. The van der Waals surface area contributed by atoms with Gasteiger partial charge in [-0.1, -0.05) is 6.07 Å². The Hall–Kier alpha value is -2.27. The zero-order chi connectivity index (χ0) is 14.2. The molecule has 2 heterocycles. The first-order chi connectivity index (χ1) is 10.3. The Bertz CT molecular complexity index is 682. The van der Waals surface area contributed by atoms with E-state index in [9.17, 15) is 4.79 Å². The fourth-order valence-electron chi connectivity index (χ4n) is 2.82. The van der Waals surface area contributed by atoms with Gasteiger partial charge in [-0.2, -0.15) is 0 Å². The van der Waals surface area contributed by atoms with Crippen molar-refractivity contribution in [3.8, 4) is 0 Å². The van der Waals surface area contributed by atoms with E-state index in [1.54, 1.807) is 0 Å². The van der Waals surface area contributed by atoms with E-state index in [0.29, 0.717) is 5.56 Å². The van der Waals surface area contributed by atoms with Crippen molar-refractivity contribution in [3.05, 3.63) is 53.6 Å². The van der Waals surface area contributed by atoms with Crippen molar-refractivity contribution in [2.45, 2.75) is 32.0 Å². The van der Waals surface area contributed by atoms with E-state index in [-0.39, 0.29) is 5.91 Å². The average molecular weight is 280 g/mol. The number of rotatable bonds is 3. The van der Waals surface area contributed by atoms with Crippen molar-refractivity contribution in [2.24, 2.45) is 0 Å². The Balaban J connectivity index is 1.50. The van der Waals surface area contributed by atoms with E-state index in [4.69, 9.17) is 0 Å². The molecule has 5 heteroatoms. The minimum atomic E-state index is -0.174. The lowest BCUT2D eigenvalue weighted by Gasteiger charge is -2.12. The average Bonchev–Trinajstić information content (AvgIpc) is 3.28. The number of fused-ring (bicyclic) bond motifs is 1. The number of benzene rings is 1.